The van der Waals surface area contributed by atoms with Crippen LogP contribution in [0.3, 0.4) is 0 Å². The van der Waals surface area contributed by atoms with Gasteiger partial charge in [0.2, 0.25) is 6.79 Å². The molecule has 0 amide bonds. The molecule has 0 fully saturated rings. The molecule has 0 saturated heterocycles. The third-order valence-corrected chi connectivity index (χ3v) is 6.82. The molecule has 0 atom stereocenters. The Balaban J connectivity index is 1.28. The van der Waals surface area contributed by atoms with Gasteiger partial charge < -0.3 is 14.8 Å². The van der Waals surface area contributed by atoms with Gasteiger partial charge in [0.15, 0.2) is 11.5 Å². The van der Waals surface area contributed by atoms with Crippen molar-refractivity contribution in [2.45, 2.75) is 26.2 Å². The highest BCUT2D eigenvalue weighted by molar-refractivity contribution is 7.09. The third-order valence-electron chi connectivity index (χ3n) is 5.73. The van der Waals surface area contributed by atoms with Gasteiger partial charge in [-0.1, -0.05) is 66.7 Å². The minimum atomic E-state index is 0.275. The van der Waals surface area contributed by atoms with E-state index in [0.717, 1.165) is 58.1 Å². The second kappa shape index (κ2) is 11.0. The first-order valence-corrected chi connectivity index (χ1v) is 12.6. The summed E-state index contributed by atoms with van der Waals surface area (Å²) in [6.07, 6.45) is 0. The standard InChI is InChI=1S/C28H26ClN3O2S/c1-20(30-14-21-5-3-2-4-6-21)25-18-35-28(31-25)17-32(15-22-7-10-24(29)11-8-22)16-23-9-12-26-27(13-23)34-19-33-26/h2-13,18,30H,1,14-17,19H2. The number of nitrogens with one attached hydrogen (secondary N) is 1. The van der Waals surface area contributed by atoms with Crippen molar-refractivity contribution >= 4 is 28.6 Å². The van der Waals surface area contributed by atoms with Crippen molar-refractivity contribution in [3.63, 3.8) is 0 Å². The number of ether oxygens (including phenoxy) is 2. The maximum atomic E-state index is 6.10. The van der Waals surface area contributed by atoms with Crippen LogP contribution >= 0.6 is 22.9 Å². The highest BCUT2D eigenvalue weighted by atomic mass is 35.5. The predicted molar refractivity (Wildman–Crippen MR) is 141 cm³/mol. The summed E-state index contributed by atoms with van der Waals surface area (Å²) in [5, 5.41) is 7.23. The molecular weight excluding hydrogens is 478 g/mol. The van der Waals surface area contributed by atoms with Crippen LogP contribution in [0.4, 0.5) is 0 Å². The summed E-state index contributed by atoms with van der Waals surface area (Å²) in [6.45, 7) is 7.43. The Morgan fingerprint density at radius 1 is 0.914 bits per heavy atom. The molecule has 0 radical (unpaired) electrons. The highest BCUT2D eigenvalue weighted by Crippen LogP contribution is 2.33. The van der Waals surface area contributed by atoms with Crippen molar-refractivity contribution in [1.82, 2.24) is 15.2 Å². The van der Waals surface area contributed by atoms with Crippen molar-refractivity contribution in [3.05, 3.63) is 117 Å². The van der Waals surface area contributed by atoms with Gasteiger partial charge in [0.05, 0.1) is 17.9 Å². The average Bonchev–Trinajstić information content (AvgIpc) is 3.54. The van der Waals surface area contributed by atoms with Crippen LogP contribution in [-0.4, -0.2) is 16.7 Å². The number of halogens is 1. The van der Waals surface area contributed by atoms with E-state index in [0.29, 0.717) is 6.54 Å². The molecule has 0 unspecified atom stereocenters. The second-order valence-electron chi connectivity index (χ2n) is 8.40. The number of nitrogens with zero attached hydrogens (tertiary/aromatic N) is 2. The molecule has 2 heterocycles. The lowest BCUT2D eigenvalue weighted by molar-refractivity contribution is 0.174. The van der Waals surface area contributed by atoms with E-state index < -0.39 is 0 Å². The second-order valence-corrected chi connectivity index (χ2v) is 9.78. The molecule has 35 heavy (non-hydrogen) atoms. The predicted octanol–water partition coefficient (Wildman–Crippen LogP) is 6.49. The quantitative estimate of drug-likeness (QED) is 0.268. The van der Waals surface area contributed by atoms with E-state index in [-0.39, 0.29) is 6.79 Å². The monoisotopic (exact) mass is 503 g/mol. The molecule has 0 saturated carbocycles. The molecule has 1 aliphatic heterocycles. The van der Waals surface area contributed by atoms with Crippen LogP contribution in [-0.2, 0) is 26.2 Å². The van der Waals surface area contributed by atoms with Gasteiger partial charge in [-0.05, 0) is 41.0 Å². The molecular formula is C28H26ClN3O2S. The zero-order chi connectivity index (χ0) is 24.0. The minimum Gasteiger partial charge on any atom is -0.454 e. The maximum Gasteiger partial charge on any atom is 0.231 e. The molecule has 0 spiro atoms. The van der Waals surface area contributed by atoms with Gasteiger partial charge in [-0.15, -0.1) is 11.3 Å². The molecule has 1 aromatic heterocycles. The Bertz CT molecular complexity index is 1290. The first-order chi connectivity index (χ1) is 17.1. The molecule has 0 bridgehead atoms. The lowest BCUT2D eigenvalue weighted by Crippen LogP contribution is -2.22. The van der Waals surface area contributed by atoms with E-state index in [1.807, 2.05) is 36.4 Å². The Hall–Kier alpha value is -3.32. The summed E-state index contributed by atoms with van der Waals surface area (Å²) in [6, 6.07) is 24.4. The van der Waals surface area contributed by atoms with Gasteiger partial charge >= 0.3 is 0 Å². The van der Waals surface area contributed by atoms with Crippen molar-refractivity contribution in [3.8, 4) is 11.5 Å². The topological polar surface area (TPSA) is 46.6 Å². The normalized spacial score (nSPS) is 12.2. The smallest absolute Gasteiger partial charge is 0.231 e. The molecule has 5 rings (SSSR count). The molecule has 1 aliphatic rings. The first kappa shape index (κ1) is 23.4. The van der Waals surface area contributed by atoms with E-state index in [2.05, 4.69) is 58.6 Å². The fraction of sp³-hybridized carbons (Fsp3) is 0.179. The van der Waals surface area contributed by atoms with Crippen LogP contribution < -0.4 is 14.8 Å². The summed E-state index contributed by atoms with van der Waals surface area (Å²) in [7, 11) is 0. The number of benzene rings is 3. The van der Waals surface area contributed by atoms with Crippen molar-refractivity contribution in [2.24, 2.45) is 0 Å². The van der Waals surface area contributed by atoms with Crippen LogP contribution in [0.1, 0.15) is 27.4 Å². The van der Waals surface area contributed by atoms with E-state index in [1.54, 1.807) is 11.3 Å². The van der Waals surface area contributed by atoms with E-state index in [9.17, 15) is 0 Å². The number of rotatable bonds is 10. The highest BCUT2D eigenvalue weighted by Gasteiger charge is 2.16. The number of aromatic nitrogens is 1. The van der Waals surface area contributed by atoms with Gasteiger partial charge in [-0.3, -0.25) is 4.90 Å². The molecule has 0 aliphatic carbocycles. The molecule has 3 aromatic carbocycles. The SMILES string of the molecule is C=C(NCc1ccccc1)c1csc(CN(Cc2ccc(Cl)cc2)Cc2ccc3c(c2)OCO3)n1. The van der Waals surface area contributed by atoms with E-state index in [1.165, 1.54) is 11.1 Å². The minimum absolute atomic E-state index is 0.275. The van der Waals surface area contributed by atoms with Crippen molar-refractivity contribution in [1.29, 1.82) is 0 Å². The Kier molecular flexibility index (Phi) is 7.33. The molecule has 178 valence electrons. The fourth-order valence-corrected chi connectivity index (χ4v) is 4.90. The van der Waals surface area contributed by atoms with Gasteiger partial charge in [0.25, 0.3) is 0 Å². The van der Waals surface area contributed by atoms with Gasteiger partial charge in [-0.25, -0.2) is 4.98 Å². The maximum absolute atomic E-state index is 6.10. The van der Waals surface area contributed by atoms with Crippen LogP contribution in [0.25, 0.3) is 5.70 Å². The van der Waals surface area contributed by atoms with Crippen LogP contribution in [0, 0.1) is 0 Å². The van der Waals surface area contributed by atoms with Gasteiger partial charge in [-0.2, -0.15) is 0 Å². The average molecular weight is 504 g/mol. The first-order valence-electron chi connectivity index (χ1n) is 11.4. The van der Waals surface area contributed by atoms with Crippen molar-refractivity contribution in [2.75, 3.05) is 6.79 Å². The Morgan fingerprint density at radius 3 is 2.49 bits per heavy atom. The Morgan fingerprint density at radius 2 is 1.66 bits per heavy atom. The van der Waals surface area contributed by atoms with E-state index in [4.69, 9.17) is 26.1 Å². The fourth-order valence-electron chi connectivity index (χ4n) is 3.92. The van der Waals surface area contributed by atoms with Crippen molar-refractivity contribution < 1.29 is 9.47 Å². The van der Waals surface area contributed by atoms with Gasteiger partial charge in [0.1, 0.15) is 5.01 Å². The van der Waals surface area contributed by atoms with Gasteiger partial charge in [0, 0.05) is 30.0 Å². The summed E-state index contributed by atoms with van der Waals surface area (Å²) in [4.78, 5) is 7.23. The summed E-state index contributed by atoms with van der Waals surface area (Å²) >= 11 is 7.75. The zero-order valence-electron chi connectivity index (χ0n) is 19.2. The molecule has 5 nitrogen and oxygen atoms in total. The molecule has 4 aromatic rings. The zero-order valence-corrected chi connectivity index (χ0v) is 20.8. The lowest BCUT2D eigenvalue weighted by Gasteiger charge is -2.22. The Labute approximate surface area is 214 Å². The van der Waals surface area contributed by atoms with Crippen LogP contribution in [0.15, 0.2) is 84.8 Å². The largest absolute Gasteiger partial charge is 0.454 e. The number of fused-ring (bicyclic) bond motifs is 1. The lowest BCUT2D eigenvalue weighted by atomic mass is 10.1. The number of thiazole rings is 1. The number of hydrogen-bond acceptors (Lipinski definition) is 6. The van der Waals surface area contributed by atoms with Crippen LogP contribution in [0.5, 0.6) is 11.5 Å². The van der Waals surface area contributed by atoms with E-state index >= 15 is 0 Å². The number of hydrogen-bond donors (Lipinski definition) is 1. The van der Waals surface area contributed by atoms with Crippen LogP contribution in [0.2, 0.25) is 5.02 Å². The third kappa shape index (κ3) is 6.22. The molecule has 1 N–H and O–H groups in total. The summed E-state index contributed by atoms with van der Waals surface area (Å²) in [5.74, 6) is 1.59. The summed E-state index contributed by atoms with van der Waals surface area (Å²) in [5.41, 5.74) is 5.28. The summed E-state index contributed by atoms with van der Waals surface area (Å²) < 4.78 is 11.0. The molecule has 7 heteroatoms.